The highest BCUT2D eigenvalue weighted by Gasteiger charge is 2.15. The molecule has 1 N–H and O–H groups in total. The van der Waals surface area contributed by atoms with E-state index < -0.39 is 0 Å². The summed E-state index contributed by atoms with van der Waals surface area (Å²) < 4.78 is 5.44. The topological polar surface area (TPSA) is 41.6 Å². The number of carbonyl (C=O) groups is 1. The zero-order valence-electron chi connectivity index (χ0n) is 10.2. The van der Waals surface area contributed by atoms with Crippen LogP contribution in [0.25, 0.3) is 0 Å². The summed E-state index contributed by atoms with van der Waals surface area (Å²) >= 11 is 0. The predicted octanol–water partition coefficient (Wildman–Crippen LogP) is 1.05. The SMILES string of the molecule is CCC(C)OCC(=O)N1CCCNCC1.Cl. The molecular weight excluding hydrogens is 228 g/mol. The van der Waals surface area contributed by atoms with Crippen LogP contribution >= 0.6 is 12.4 Å². The number of rotatable bonds is 4. The van der Waals surface area contributed by atoms with Crippen molar-refractivity contribution in [3.63, 3.8) is 0 Å². The van der Waals surface area contributed by atoms with Gasteiger partial charge in [0.1, 0.15) is 6.61 Å². The van der Waals surface area contributed by atoms with E-state index in [4.69, 9.17) is 4.74 Å². The Hall–Kier alpha value is -0.320. The van der Waals surface area contributed by atoms with Crippen molar-refractivity contribution in [2.75, 3.05) is 32.8 Å². The van der Waals surface area contributed by atoms with Crippen LogP contribution in [0.15, 0.2) is 0 Å². The highest BCUT2D eigenvalue weighted by Crippen LogP contribution is 2.00. The molecule has 96 valence electrons. The summed E-state index contributed by atoms with van der Waals surface area (Å²) in [6.07, 6.45) is 2.17. The Labute approximate surface area is 104 Å². The van der Waals surface area contributed by atoms with Crippen molar-refractivity contribution in [1.29, 1.82) is 0 Å². The molecule has 0 saturated carbocycles. The van der Waals surface area contributed by atoms with Gasteiger partial charge in [-0.05, 0) is 26.3 Å². The second-order valence-corrected chi connectivity index (χ2v) is 4.01. The summed E-state index contributed by atoms with van der Waals surface area (Å²) in [5.41, 5.74) is 0. The highest BCUT2D eigenvalue weighted by atomic mass is 35.5. The normalized spacial score (nSPS) is 18.5. The lowest BCUT2D eigenvalue weighted by Crippen LogP contribution is -2.37. The lowest BCUT2D eigenvalue weighted by atomic mass is 10.3. The van der Waals surface area contributed by atoms with Crippen LogP contribution in [0.1, 0.15) is 26.7 Å². The molecule has 1 rings (SSSR count). The van der Waals surface area contributed by atoms with E-state index in [0.717, 1.165) is 39.0 Å². The van der Waals surface area contributed by atoms with Gasteiger partial charge in [0.05, 0.1) is 6.10 Å². The van der Waals surface area contributed by atoms with Gasteiger partial charge in [0, 0.05) is 19.6 Å². The zero-order chi connectivity index (χ0) is 11.1. The van der Waals surface area contributed by atoms with Crippen LogP contribution in [0.2, 0.25) is 0 Å². The van der Waals surface area contributed by atoms with Crippen molar-refractivity contribution in [2.45, 2.75) is 32.8 Å². The molecule has 0 spiro atoms. The van der Waals surface area contributed by atoms with Crippen LogP contribution in [0.5, 0.6) is 0 Å². The molecule has 5 heteroatoms. The van der Waals surface area contributed by atoms with Gasteiger partial charge in [0.15, 0.2) is 0 Å². The molecule has 1 aliphatic heterocycles. The first-order valence-corrected chi connectivity index (χ1v) is 5.84. The fourth-order valence-corrected chi connectivity index (χ4v) is 1.52. The molecule has 1 aliphatic rings. The van der Waals surface area contributed by atoms with Gasteiger partial charge in [-0.25, -0.2) is 0 Å². The monoisotopic (exact) mass is 250 g/mol. The molecule has 1 atom stereocenters. The molecule has 16 heavy (non-hydrogen) atoms. The third kappa shape index (κ3) is 5.68. The molecule has 4 nitrogen and oxygen atoms in total. The molecule has 0 aromatic heterocycles. The first-order chi connectivity index (χ1) is 7.24. The smallest absolute Gasteiger partial charge is 0.248 e. The summed E-state index contributed by atoms with van der Waals surface area (Å²) in [4.78, 5) is 13.6. The van der Waals surface area contributed by atoms with E-state index in [0.29, 0.717) is 0 Å². The second-order valence-electron chi connectivity index (χ2n) is 4.01. The number of carbonyl (C=O) groups excluding carboxylic acids is 1. The Morgan fingerprint density at radius 1 is 1.44 bits per heavy atom. The van der Waals surface area contributed by atoms with Crippen LogP contribution in [-0.4, -0.2) is 49.7 Å². The van der Waals surface area contributed by atoms with Crippen LogP contribution in [0, 0.1) is 0 Å². The van der Waals surface area contributed by atoms with E-state index in [1.165, 1.54) is 0 Å². The van der Waals surface area contributed by atoms with E-state index in [9.17, 15) is 4.79 Å². The van der Waals surface area contributed by atoms with Crippen molar-refractivity contribution < 1.29 is 9.53 Å². The number of nitrogens with zero attached hydrogens (tertiary/aromatic N) is 1. The van der Waals surface area contributed by atoms with Crippen LogP contribution in [0.4, 0.5) is 0 Å². The average Bonchev–Trinajstić information content (AvgIpc) is 2.53. The third-order valence-corrected chi connectivity index (χ3v) is 2.76. The number of halogens is 1. The summed E-state index contributed by atoms with van der Waals surface area (Å²) in [6, 6.07) is 0. The molecule has 0 aromatic rings. The Balaban J connectivity index is 0.00000225. The van der Waals surface area contributed by atoms with Gasteiger partial charge in [0.25, 0.3) is 0 Å². The molecule has 1 saturated heterocycles. The molecule has 0 aromatic carbocycles. The molecule has 0 bridgehead atoms. The van der Waals surface area contributed by atoms with E-state index in [2.05, 4.69) is 12.2 Å². The minimum absolute atomic E-state index is 0. The van der Waals surface area contributed by atoms with Crippen molar-refractivity contribution in [3.8, 4) is 0 Å². The predicted molar refractivity (Wildman–Crippen MR) is 67.0 cm³/mol. The Kier molecular flexibility index (Phi) is 8.61. The highest BCUT2D eigenvalue weighted by molar-refractivity contribution is 5.85. The second kappa shape index (κ2) is 8.79. The third-order valence-electron chi connectivity index (χ3n) is 2.76. The number of nitrogens with one attached hydrogen (secondary N) is 1. The molecule has 0 aliphatic carbocycles. The summed E-state index contributed by atoms with van der Waals surface area (Å²) in [5.74, 6) is 0.124. The fraction of sp³-hybridized carbons (Fsp3) is 0.909. The van der Waals surface area contributed by atoms with Gasteiger partial charge in [-0.15, -0.1) is 12.4 Å². The minimum Gasteiger partial charge on any atom is -0.369 e. The number of ether oxygens (including phenoxy) is 1. The van der Waals surface area contributed by atoms with Crippen LogP contribution < -0.4 is 5.32 Å². The van der Waals surface area contributed by atoms with Gasteiger partial charge in [-0.2, -0.15) is 0 Å². The lowest BCUT2D eigenvalue weighted by molar-refractivity contribution is -0.137. The maximum Gasteiger partial charge on any atom is 0.248 e. The average molecular weight is 251 g/mol. The van der Waals surface area contributed by atoms with E-state index >= 15 is 0 Å². The summed E-state index contributed by atoms with van der Waals surface area (Å²) in [6.45, 7) is 7.86. The van der Waals surface area contributed by atoms with Crippen molar-refractivity contribution in [3.05, 3.63) is 0 Å². The molecular formula is C11H23ClN2O2. The number of amides is 1. The maximum absolute atomic E-state index is 11.7. The Morgan fingerprint density at radius 2 is 2.19 bits per heavy atom. The molecule has 1 unspecified atom stereocenters. The lowest BCUT2D eigenvalue weighted by Gasteiger charge is -2.20. The number of hydrogen-bond donors (Lipinski definition) is 1. The standard InChI is InChI=1S/C11H22N2O2.ClH/c1-3-10(2)15-9-11(14)13-7-4-5-12-6-8-13;/h10,12H,3-9H2,1-2H3;1H. The molecule has 1 fully saturated rings. The molecule has 1 heterocycles. The Morgan fingerprint density at radius 3 is 2.88 bits per heavy atom. The van der Waals surface area contributed by atoms with Gasteiger partial charge < -0.3 is 15.0 Å². The van der Waals surface area contributed by atoms with Crippen molar-refractivity contribution in [1.82, 2.24) is 10.2 Å². The van der Waals surface area contributed by atoms with E-state index in [1.807, 2.05) is 11.8 Å². The fourth-order valence-electron chi connectivity index (χ4n) is 1.52. The van der Waals surface area contributed by atoms with E-state index in [1.54, 1.807) is 0 Å². The Bertz CT molecular complexity index is 194. The van der Waals surface area contributed by atoms with Crippen molar-refractivity contribution >= 4 is 18.3 Å². The maximum atomic E-state index is 11.7. The number of hydrogen-bond acceptors (Lipinski definition) is 3. The van der Waals surface area contributed by atoms with Gasteiger partial charge in [-0.3, -0.25) is 4.79 Å². The molecule has 1 amide bonds. The van der Waals surface area contributed by atoms with Gasteiger partial charge in [0.2, 0.25) is 5.91 Å². The first-order valence-electron chi connectivity index (χ1n) is 5.84. The summed E-state index contributed by atoms with van der Waals surface area (Å²) in [5, 5.41) is 3.27. The largest absolute Gasteiger partial charge is 0.369 e. The van der Waals surface area contributed by atoms with Crippen LogP contribution in [0.3, 0.4) is 0 Å². The van der Waals surface area contributed by atoms with Gasteiger partial charge >= 0.3 is 0 Å². The van der Waals surface area contributed by atoms with Gasteiger partial charge in [-0.1, -0.05) is 6.92 Å². The quantitative estimate of drug-likeness (QED) is 0.811. The van der Waals surface area contributed by atoms with E-state index in [-0.39, 0.29) is 31.0 Å². The minimum atomic E-state index is 0. The molecule has 0 radical (unpaired) electrons. The summed E-state index contributed by atoms with van der Waals surface area (Å²) in [7, 11) is 0. The zero-order valence-corrected chi connectivity index (χ0v) is 11.0. The first kappa shape index (κ1) is 15.7. The van der Waals surface area contributed by atoms with Crippen LogP contribution in [-0.2, 0) is 9.53 Å². The van der Waals surface area contributed by atoms with Crippen molar-refractivity contribution in [2.24, 2.45) is 0 Å².